The minimum atomic E-state index is -0.623. The molecule has 2 aromatic carbocycles. The maximum absolute atomic E-state index is 12.4. The molecule has 0 bridgehead atoms. The number of hydrogen-bond acceptors (Lipinski definition) is 4. The van der Waals surface area contributed by atoms with Gasteiger partial charge in [0.25, 0.3) is 5.91 Å². The van der Waals surface area contributed by atoms with E-state index in [9.17, 15) is 14.4 Å². The van der Waals surface area contributed by atoms with Crippen molar-refractivity contribution >= 4 is 56.7 Å². The molecule has 1 N–H and O–H groups in total. The number of hydrogen-bond donors (Lipinski definition) is 1. The van der Waals surface area contributed by atoms with Gasteiger partial charge in [0.05, 0.1) is 5.92 Å². The number of carbonyl (C=O) groups is 3. The van der Waals surface area contributed by atoms with Crippen molar-refractivity contribution in [2.24, 2.45) is 5.92 Å². The number of esters is 1. The quantitative estimate of drug-likeness (QED) is 0.620. The second kappa shape index (κ2) is 9.18. The molecule has 0 radical (unpaired) electrons. The summed E-state index contributed by atoms with van der Waals surface area (Å²) in [5.41, 5.74) is 4.16. The van der Waals surface area contributed by atoms with Crippen LogP contribution in [-0.2, 0) is 19.1 Å². The number of aryl methyl sites for hydroxylation is 3. The Morgan fingerprint density at radius 2 is 1.83 bits per heavy atom. The predicted octanol–water partition coefficient (Wildman–Crippen LogP) is 4.56. The molecule has 1 fully saturated rings. The van der Waals surface area contributed by atoms with Crippen LogP contribution in [0.4, 0.5) is 11.4 Å². The average Bonchev–Trinajstić information content (AvgIpc) is 3.08. The molecule has 1 aliphatic rings. The Kier molecular flexibility index (Phi) is 6.83. The van der Waals surface area contributed by atoms with Crippen molar-refractivity contribution in [3.63, 3.8) is 0 Å². The van der Waals surface area contributed by atoms with Crippen LogP contribution in [0.5, 0.6) is 0 Å². The predicted molar refractivity (Wildman–Crippen MR) is 120 cm³/mol. The second-order valence-electron chi connectivity index (χ2n) is 7.42. The van der Waals surface area contributed by atoms with Gasteiger partial charge in [-0.25, -0.2) is 0 Å². The summed E-state index contributed by atoms with van der Waals surface area (Å²) < 4.78 is 6.14. The van der Waals surface area contributed by atoms with Gasteiger partial charge in [-0.3, -0.25) is 14.4 Å². The molecule has 0 saturated carbocycles. The zero-order valence-corrected chi connectivity index (χ0v) is 19.3. The lowest BCUT2D eigenvalue weighted by atomic mass is 10.1. The lowest BCUT2D eigenvalue weighted by Gasteiger charge is -2.17. The van der Waals surface area contributed by atoms with Gasteiger partial charge in [0, 0.05) is 33.8 Å². The summed E-state index contributed by atoms with van der Waals surface area (Å²) in [7, 11) is 0. The van der Waals surface area contributed by atoms with Crippen LogP contribution in [0.15, 0.2) is 34.8 Å². The van der Waals surface area contributed by atoms with Gasteiger partial charge in [-0.1, -0.05) is 33.6 Å². The fourth-order valence-corrected chi connectivity index (χ4v) is 3.74. The van der Waals surface area contributed by atoms with Crippen molar-refractivity contribution in [2.75, 3.05) is 23.4 Å². The molecule has 1 aliphatic heterocycles. The molecule has 6 nitrogen and oxygen atoms in total. The van der Waals surface area contributed by atoms with Gasteiger partial charge in [0.2, 0.25) is 5.91 Å². The Balaban J connectivity index is 1.55. The third-order valence-electron chi connectivity index (χ3n) is 4.99. The number of anilines is 2. The van der Waals surface area contributed by atoms with E-state index in [1.165, 1.54) is 4.90 Å². The Morgan fingerprint density at radius 3 is 2.47 bits per heavy atom. The summed E-state index contributed by atoms with van der Waals surface area (Å²) in [6.07, 6.45) is 0.0387. The van der Waals surface area contributed by atoms with E-state index < -0.39 is 24.4 Å². The van der Waals surface area contributed by atoms with E-state index in [0.717, 1.165) is 21.2 Å². The Hall–Kier alpha value is -2.38. The van der Waals surface area contributed by atoms with Crippen molar-refractivity contribution in [2.45, 2.75) is 27.2 Å². The Labute approximate surface area is 188 Å². The van der Waals surface area contributed by atoms with E-state index in [2.05, 4.69) is 21.2 Å². The maximum atomic E-state index is 12.4. The smallest absolute Gasteiger partial charge is 0.311 e. The van der Waals surface area contributed by atoms with Crippen LogP contribution >= 0.6 is 27.5 Å². The minimum absolute atomic E-state index is 0.0387. The van der Waals surface area contributed by atoms with Gasteiger partial charge in [0.15, 0.2) is 6.61 Å². The van der Waals surface area contributed by atoms with E-state index in [-0.39, 0.29) is 18.9 Å². The molecule has 1 saturated heterocycles. The molecule has 8 heteroatoms. The van der Waals surface area contributed by atoms with Gasteiger partial charge < -0.3 is 15.0 Å². The molecule has 0 aliphatic carbocycles. The van der Waals surface area contributed by atoms with Crippen LogP contribution in [0, 0.1) is 26.7 Å². The normalized spacial score (nSPS) is 16.0. The Morgan fingerprint density at radius 1 is 1.17 bits per heavy atom. The highest BCUT2D eigenvalue weighted by Crippen LogP contribution is 2.29. The number of carbonyl (C=O) groups excluding carboxylic acids is 3. The first-order valence-electron chi connectivity index (χ1n) is 9.45. The zero-order valence-electron chi connectivity index (χ0n) is 16.9. The summed E-state index contributed by atoms with van der Waals surface area (Å²) >= 11 is 9.62. The van der Waals surface area contributed by atoms with E-state index in [1.807, 2.05) is 39.0 Å². The van der Waals surface area contributed by atoms with E-state index in [4.69, 9.17) is 16.3 Å². The van der Waals surface area contributed by atoms with Crippen molar-refractivity contribution in [3.05, 3.63) is 56.5 Å². The van der Waals surface area contributed by atoms with Gasteiger partial charge >= 0.3 is 5.97 Å². The fourth-order valence-electron chi connectivity index (χ4n) is 3.33. The molecule has 0 unspecified atom stereocenters. The molecule has 0 aromatic heterocycles. The number of nitrogens with zero attached hydrogens (tertiary/aromatic N) is 1. The topological polar surface area (TPSA) is 75.7 Å². The molecule has 0 spiro atoms. The van der Waals surface area contributed by atoms with Gasteiger partial charge in [-0.2, -0.15) is 0 Å². The first-order chi connectivity index (χ1) is 14.2. The summed E-state index contributed by atoms with van der Waals surface area (Å²) in [6, 6.07) is 8.99. The first-order valence-corrected chi connectivity index (χ1v) is 10.6. The van der Waals surface area contributed by atoms with Crippen LogP contribution in [0.3, 0.4) is 0 Å². The lowest BCUT2D eigenvalue weighted by molar-refractivity contribution is -0.151. The lowest BCUT2D eigenvalue weighted by Crippen LogP contribution is -2.28. The highest BCUT2D eigenvalue weighted by Gasteiger charge is 2.36. The average molecular weight is 494 g/mol. The molecule has 3 rings (SSSR count). The van der Waals surface area contributed by atoms with Crippen molar-refractivity contribution in [3.8, 4) is 0 Å². The second-order valence-corrected chi connectivity index (χ2v) is 8.62. The monoisotopic (exact) mass is 492 g/mol. The molecule has 158 valence electrons. The van der Waals surface area contributed by atoms with Crippen LogP contribution in [0.1, 0.15) is 23.1 Å². The standard InChI is InChI=1S/C22H22BrClN2O4/c1-12-4-5-17(9-18(12)24)26-10-15(8-20(26)28)22(29)30-11-19(27)25-16-6-13(2)21(23)14(3)7-16/h4-7,9,15H,8,10-11H2,1-3H3,(H,25,27)/t15-/m1/s1. The van der Waals surface area contributed by atoms with Crippen molar-refractivity contribution in [1.29, 1.82) is 0 Å². The summed E-state index contributed by atoms with van der Waals surface area (Å²) in [4.78, 5) is 38.4. The molecular weight excluding hydrogens is 472 g/mol. The SMILES string of the molecule is Cc1ccc(N2C[C@H](C(=O)OCC(=O)Nc3cc(C)c(Br)c(C)c3)CC2=O)cc1Cl. The maximum Gasteiger partial charge on any atom is 0.311 e. The molecule has 2 amide bonds. The number of nitrogens with one attached hydrogen (secondary N) is 1. The first kappa shape index (κ1) is 22.3. The van der Waals surface area contributed by atoms with E-state index in [0.29, 0.717) is 16.4 Å². The van der Waals surface area contributed by atoms with Gasteiger partial charge in [-0.05, 0) is 61.7 Å². The highest BCUT2D eigenvalue weighted by molar-refractivity contribution is 9.10. The molecule has 1 heterocycles. The molecular formula is C22H22BrClN2O4. The largest absolute Gasteiger partial charge is 0.455 e. The number of amides is 2. The third-order valence-corrected chi connectivity index (χ3v) is 6.65. The molecule has 2 aromatic rings. The van der Waals surface area contributed by atoms with E-state index in [1.54, 1.807) is 12.1 Å². The summed E-state index contributed by atoms with van der Waals surface area (Å²) in [6.45, 7) is 5.52. The zero-order chi connectivity index (χ0) is 22.0. The van der Waals surface area contributed by atoms with Crippen LogP contribution < -0.4 is 10.2 Å². The van der Waals surface area contributed by atoms with Gasteiger partial charge in [0.1, 0.15) is 0 Å². The fraction of sp³-hybridized carbons (Fsp3) is 0.318. The van der Waals surface area contributed by atoms with Crippen molar-refractivity contribution in [1.82, 2.24) is 0 Å². The summed E-state index contributed by atoms with van der Waals surface area (Å²) in [5.74, 6) is -1.80. The number of ether oxygens (including phenoxy) is 1. The number of halogens is 2. The van der Waals surface area contributed by atoms with Gasteiger partial charge in [-0.15, -0.1) is 0 Å². The van der Waals surface area contributed by atoms with Crippen molar-refractivity contribution < 1.29 is 19.1 Å². The molecule has 30 heavy (non-hydrogen) atoms. The highest BCUT2D eigenvalue weighted by atomic mass is 79.9. The van der Waals surface area contributed by atoms with Crippen LogP contribution in [0.25, 0.3) is 0 Å². The van der Waals surface area contributed by atoms with Crippen LogP contribution in [0.2, 0.25) is 5.02 Å². The van der Waals surface area contributed by atoms with Crippen LogP contribution in [-0.4, -0.2) is 30.9 Å². The summed E-state index contributed by atoms with van der Waals surface area (Å²) in [5, 5.41) is 3.28. The molecule has 1 atom stereocenters. The third kappa shape index (κ3) is 5.02. The minimum Gasteiger partial charge on any atom is -0.455 e. The number of rotatable bonds is 5. The van der Waals surface area contributed by atoms with E-state index >= 15 is 0 Å². The Bertz CT molecular complexity index is 1000. The number of benzene rings is 2.